The second kappa shape index (κ2) is 6.20. The van der Waals surface area contributed by atoms with Gasteiger partial charge in [-0.05, 0) is 62.8 Å². The van der Waals surface area contributed by atoms with Crippen LogP contribution in [0.3, 0.4) is 0 Å². The van der Waals surface area contributed by atoms with Gasteiger partial charge in [-0.2, -0.15) is 0 Å². The first-order valence-corrected chi connectivity index (χ1v) is 8.57. The highest BCUT2D eigenvalue weighted by Crippen LogP contribution is 2.49. The van der Waals surface area contributed by atoms with Gasteiger partial charge in [-0.15, -0.1) is 13.2 Å². The van der Waals surface area contributed by atoms with Crippen molar-refractivity contribution >= 4 is 11.6 Å². The van der Waals surface area contributed by atoms with E-state index in [1.807, 2.05) is 6.92 Å². The van der Waals surface area contributed by atoms with Gasteiger partial charge in [-0.25, -0.2) is 0 Å². The Hall–Kier alpha value is -1.76. The molecule has 0 radical (unpaired) electrons. The van der Waals surface area contributed by atoms with Gasteiger partial charge in [-0.1, -0.05) is 6.92 Å². The molecule has 1 aliphatic heterocycles. The lowest BCUT2D eigenvalue weighted by Gasteiger charge is -2.40. The summed E-state index contributed by atoms with van der Waals surface area (Å²) < 4.78 is 40.5. The van der Waals surface area contributed by atoms with Gasteiger partial charge < -0.3 is 14.7 Å². The fourth-order valence-corrected chi connectivity index (χ4v) is 3.91. The Morgan fingerprint density at radius 2 is 1.72 bits per heavy atom. The van der Waals surface area contributed by atoms with Crippen molar-refractivity contribution in [2.24, 2.45) is 5.41 Å². The molecule has 0 unspecified atom stereocenters. The van der Waals surface area contributed by atoms with Crippen molar-refractivity contribution in [2.45, 2.75) is 57.4 Å². The van der Waals surface area contributed by atoms with Gasteiger partial charge in [0.1, 0.15) is 5.75 Å². The lowest BCUT2D eigenvalue weighted by molar-refractivity contribution is -0.274. The molecule has 1 heterocycles. The molecule has 1 aromatic rings. The van der Waals surface area contributed by atoms with Crippen LogP contribution in [0, 0.1) is 5.41 Å². The number of ether oxygens (including phenoxy) is 1. The van der Waals surface area contributed by atoms with E-state index in [-0.39, 0.29) is 11.7 Å². The second-order valence-corrected chi connectivity index (χ2v) is 7.11. The summed E-state index contributed by atoms with van der Waals surface area (Å²) in [7, 11) is 0. The number of rotatable bonds is 3. The number of anilines is 1. The summed E-state index contributed by atoms with van der Waals surface area (Å²) in [5, 5.41) is 10.4. The van der Waals surface area contributed by atoms with E-state index in [1.165, 1.54) is 24.3 Å². The van der Waals surface area contributed by atoms with E-state index in [1.54, 1.807) is 4.90 Å². The van der Waals surface area contributed by atoms with Crippen LogP contribution in [-0.4, -0.2) is 29.5 Å². The molecule has 1 saturated heterocycles. The van der Waals surface area contributed by atoms with E-state index < -0.39 is 17.4 Å². The van der Waals surface area contributed by atoms with Crippen LogP contribution in [0.2, 0.25) is 0 Å². The molecule has 0 aromatic heterocycles. The van der Waals surface area contributed by atoms with Crippen LogP contribution in [-0.2, 0) is 4.79 Å². The van der Waals surface area contributed by atoms with Gasteiger partial charge in [0, 0.05) is 12.2 Å². The first-order valence-electron chi connectivity index (χ1n) is 8.57. The summed E-state index contributed by atoms with van der Waals surface area (Å²) in [6.45, 7) is 2.49. The first kappa shape index (κ1) is 18.0. The van der Waals surface area contributed by atoms with E-state index in [0.717, 1.165) is 0 Å². The Balaban J connectivity index is 1.70. The SMILES string of the molecule is CC[C@]1(O)CC[C@]2(CCN(c3ccc(OC(F)(F)F)cc3)C2=O)CC1. The maximum atomic E-state index is 12.9. The van der Waals surface area contributed by atoms with Gasteiger partial charge >= 0.3 is 6.36 Å². The number of benzene rings is 1. The Morgan fingerprint density at radius 3 is 2.24 bits per heavy atom. The van der Waals surface area contributed by atoms with Crippen LogP contribution in [0.25, 0.3) is 0 Å². The largest absolute Gasteiger partial charge is 0.573 e. The summed E-state index contributed by atoms with van der Waals surface area (Å²) in [6.07, 6.45) is -0.798. The van der Waals surface area contributed by atoms with Crippen LogP contribution in [0.5, 0.6) is 5.75 Å². The monoisotopic (exact) mass is 357 g/mol. The van der Waals surface area contributed by atoms with Gasteiger partial charge in [0.15, 0.2) is 0 Å². The van der Waals surface area contributed by atoms with Gasteiger partial charge in [0.05, 0.1) is 11.0 Å². The van der Waals surface area contributed by atoms with Crippen LogP contribution in [0.1, 0.15) is 45.4 Å². The number of aliphatic hydroxyl groups is 1. The van der Waals surface area contributed by atoms with Gasteiger partial charge in [-0.3, -0.25) is 4.79 Å². The lowest BCUT2D eigenvalue weighted by atomic mass is 9.67. The fourth-order valence-electron chi connectivity index (χ4n) is 3.91. The van der Waals surface area contributed by atoms with Crippen molar-refractivity contribution in [3.05, 3.63) is 24.3 Å². The third-order valence-electron chi connectivity index (χ3n) is 5.69. The maximum absolute atomic E-state index is 12.9. The molecule has 1 spiro atoms. The molecule has 138 valence electrons. The molecule has 25 heavy (non-hydrogen) atoms. The highest BCUT2D eigenvalue weighted by molar-refractivity contribution is 6.00. The number of carbonyl (C=O) groups is 1. The Kier molecular flexibility index (Phi) is 4.47. The molecule has 0 bridgehead atoms. The fraction of sp³-hybridized carbons (Fsp3) is 0.611. The molecule has 1 saturated carbocycles. The zero-order valence-electron chi connectivity index (χ0n) is 14.1. The summed E-state index contributed by atoms with van der Waals surface area (Å²) in [4.78, 5) is 14.6. The maximum Gasteiger partial charge on any atom is 0.573 e. The third-order valence-corrected chi connectivity index (χ3v) is 5.69. The Labute approximate surface area is 144 Å². The summed E-state index contributed by atoms with van der Waals surface area (Å²) in [5.41, 5.74) is -0.536. The molecule has 4 nitrogen and oxygen atoms in total. The summed E-state index contributed by atoms with van der Waals surface area (Å²) in [5.74, 6) is -0.293. The Morgan fingerprint density at radius 1 is 1.12 bits per heavy atom. The normalized spacial score (nSPS) is 30.1. The minimum absolute atomic E-state index is 0.00939. The smallest absolute Gasteiger partial charge is 0.406 e. The lowest BCUT2D eigenvalue weighted by Crippen LogP contribution is -2.43. The predicted molar refractivity (Wildman–Crippen MR) is 86.2 cm³/mol. The number of alkyl halides is 3. The summed E-state index contributed by atoms with van der Waals surface area (Å²) >= 11 is 0. The molecule has 0 atom stereocenters. The van der Waals surface area contributed by atoms with Crippen molar-refractivity contribution in [2.75, 3.05) is 11.4 Å². The molecule has 1 aromatic carbocycles. The molecule has 1 aliphatic carbocycles. The van der Waals surface area contributed by atoms with E-state index >= 15 is 0 Å². The minimum Gasteiger partial charge on any atom is -0.406 e. The van der Waals surface area contributed by atoms with Crippen LogP contribution < -0.4 is 9.64 Å². The predicted octanol–water partition coefficient (Wildman–Crippen LogP) is 4.02. The van der Waals surface area contributed by atoms with Gasteiger partial charge in [0.25, 0.3) is 0 Å². The number of halogens is 3. The molecule has 2 aliphatic rings. The van der Waals surface area contributed by atoms with Crippen LogP contribution >= 0.6 is 0 Å². The van der Waals surface area contributed by atoms with Crippen LogP contribution in [0.15, 0.2) is 24.3 Å². The zero-order valence-corrected chi connectivity index (χ0v) is 14.1. The van der Waals surface area contributed by atoms with Crippen molar-refractivity contribution in [1.82, 2.24) is 0 Å². The van der Waals surface area contributed by atoms with E-state index in [9.17, 15) is 23.1 Å². The molecule has 1 N–H and O–H groups in total. The third kappa shape index (κ3) is 3.61. The Bertz CT molecular complexity index is 634. The molecule has 1 amide bonds. The van der Waals surface area contributed by atoms with Gasteiger partial charge in [0.2, 0.25) is 5.91 Å². The highest BCUT2D eigenvalue weighted by atomic mass is 19.4. The highest BCUT2D eigenvalue weighted by Gasteiger charge is 2.51. The number of hydrogen-bond acceptors (Lipinski definition) is 3. The molecule has 3 rings (SSSR count). The topological polar surface area (TPSA) is 49.8 Å². The zero-order chi connectivity index (χ0) is 18.3. The molecular formula is C18H22F3NO3. The van der Waals surface area contributed by atoms with Crippen molar-refractivity contribution in [3.63, 3.8) is 0 Å². The molecular weight excluding hydrogens is 335 g/mol. The second-order valence-electron chi connectivity index (χ2n) is 7.11. The number of nitrogens with zero attached hydrogens (tertiary/aromatic N) is 1. The van der Waals surface area contributed by atoms with E-state index in [0.29, 0.717) is 50.8 Å². The first-order chi connectivity index (χ1) is 11.7. The molecule has 7 heteroatoms. The van der Waals surface area contributed by atoms with E-state index in [4.69, 9.17) is 0 Å². The minimum atomic E-state index is -4.73. The standard InChI is InChI=1S/C18H22F3NO3/c1-2-17(24)9-7-16(8-10-17)11-12-22(15(16)23)13-3-5-14(6-4-13)25-18(19,20)21/h3-6,24H,2,7-12H2,1H3/t16-,17+. The number of carbonyl (C=O) groups excluding carboxylic acids is 1. The van der Waals surface area contributed by atoms with Crippen molar-refractivity contribution in [3.8, 4) is 5.75 Å². The van der Waals surface area contributed by atoms with E-state index in [2.05, 4.69) is 4.74 Å². The van der Waals surface area contributed by atoms with Crippen molar-refractivity contribution in [1.29, 1.82) is 0 Å². The average Bonchev–Trinajstić information content (AvgIpc) is 2.87. The average molecular weight is 357 g/mol. The number of hydrogen-bond donors (Lipinski definition) is 1. The van der Waals surface area contributed by atoms with Crippen molar-refractivity contribution < 1.29 is 27.8 Å². The molecule has 2 fully saturated rings. The van der Waals surface area contributed by atoms with Crippen LogP contribution in [0.4, 0.5) is 18.9 Å². The summed E-state index contributed by atoms with van der Waals surface area (Å²) in [6, 6.07) is 5.39. The quantitative estimate of drug-likeness (QED) is 0.889. The number of amides is 1.